The van der Waals surface area contributed by atoms with Crippen LogP contribution in [0.3, 0.4) is 0 Å². The zero-order valence-corrected chi connectivity index (χ0v) is 16.4. The Balaban J connectivity index is 1.83. The molecule has 3 aromatic carbocycles. The maximum Gasteiger partial charge on any atom is 0.295 e. The third kappa shape index (κ3) is 2.90. The van der Waals surface area contributed by atoms with E-state index in [9.17, 15) is 19.7 Å². The van der Waals surface area contributed by atoms with Crippen LogP contribution in [0.15, 0.2) is 82.0 Å². The number of carbonyl (C=O) groups excluding carboxylic acids is 1. The Bertz CT molecular complexity index is 1430. The molecule has 0 fully saturated rings. The third-order valence-electron chi connectivity index (χ3n) is 5.46. The molecule has 1 atom stereocenters. The van der Waals surface area contributed by atoms with E-state index in [0.717, 1.165) is 5.56 Å². The number of carbonyl (C=O) groups is 1. The molecule has 2 heterocycles. The fourth-order valence-corrected chi connectivity index (χ4v) is 4.07. The van der Waals surface area contributed by atoms with Gasteiger partial charge in [0.2, 0.25) is 5.76 Å². The quantitative estimate of drug-likeness (QED) is 0.357. The Hall–Kier alpha value is -4.26. The Labute approximate surface area is 176 Å². The molecule has 0 N–H and O–H groups in total. The van der Waals surface area contributed by atoms with E-state index in [4.69, 9.17) is 4.42 Å². The summed E-state index contributed by atoms with van der Waals surface area (Å²) in [4.78, 5) is 39.3. The number of aryl methyl sites for hydroxylation is 1. The molecule has 1 aliphatic heterocycles. The lowest BCUT2D eigenvalue weighted by molar-refractivity contribution is -0.384. The van der Waals surface area contributed by atoms with Crippen LogP contribution >= 0.6 is 0 Å². The summed E-state index contributed by atoms with van der Waals surface area (Å²) in [5.41, 5.74) is 1.99. The Kier molecular flexibility index (Phi) is 4.18. The van der Waals surface area contributed by atoms with Gasteiger partial charge in [-0.3, -0.25) is 24.6 Å². The Morgan fingerprint density at radius 3 is 2.48 bits per heavy atom. The van der Waals surface area contributed by atoms with Crippen LogP contribution < -0.4 is 10.3 Å². The average molecular weight is 412 g/mol. The van der Waals surface area contributed by atoms with Crippen molar-refractivity contribution < 1.29 is 14.1 Å². The van der Waals surface area contributed by atoms with E-state index >= 15 is 0 Å². The van der Waals surface area contributed by atoms with Crippen LogP contribution in [0.25, 0.3) is 11.0 Å². The summed E-state index contributed by atoms with van der Waals surface area (Å²) in [6, 6.07) is 19.2. The molecule has 0 saturated carbocycles. The van der Waals surface area contributed by atoms with Crippen molar-refractivity contribution in [2.45, 2.75) is 13.0 Å². The Morgan fingerprint density at radius 1 is 0.968 bits per heavy atom. The normalized spacial score (nSPS) is 15.3. The number of rotatable bonds is 3. The molecule has 1 unspecified atom stereocenters. The van der Waals surface area contributed by atoms with E-state index < -0.39 is 16.9 Å². The van der Waals surface area contributed by atoms with Gasteiger partial charge >= 0.3 is 0 Å². The summed E-state index contributed by atoms with van der Waals surface area (Å²) in [6.07, 6.45) is 0. The standard InChI is InChI=1S/C24H16N2O5/c1-14-10-11-19-18(12-14)22(27)20-21(15-6-5-9-17(13-15)26(29)30)25(24(28)23(20)31-19)16-7-3-2-4-8-16/h2-13,21H,1H3. The van der Waals surface area contributed by atoms with Crippen LogP contribution in [0.4, 0.5) is 11.4 Å². The molecule has 4 aromatic rings. The van der Waals surface area contributed by atoms with E-state index in [0.29, 0.717) is 22.2 Å². The summed E-state index contributed by atoms with van der Waals surface area (Å²) >= 11 is 0. The Morgan fingerprint density at radius 2 is 1.74 bits per heavy atom. The van der Waals surface area contributed by atoms with Crippen molar-refractivity contribution in [1.29, 1.82) is 0 Å². The molecule has 1 amide bonds. The number of nitrogens with zero attached hydrogens (tertiary/aromatic N) is 2. The number of para-hydroxylation sites is 1. The molecule has 0 spiro atoms. The van der Waals surface area contributed by atoms with Gasteiger partial charge in [0.25, 0.3) is 11.6 Å². The van der Waals surface area contributed by atoms with E-state index in [1.165, 1.54) is 17.0 Å². The van der Waals surface area contributed by atoms with E-state index in [1.807, 2.05) is 19.1 Å². The molecule has 5 rings (SSSR count). The largest absolute Gasteiger partial charge is 0.450 e. The molecule has 7 nitrogen and oxygen atoms in total. The van der Waals surface area contributed by atoms with Crippen molar-refractivity contribution in [3.05, 3.63) is 116 Å². The first-order valence-electron chi connectivity index (χ1n) is 9.66. The maximum absolute atomic E-state index is 13.5. The molecular formula is C24H16N2O5. The lowest BCUT2D eigenvalue weighted by Gasteiger charge is -2.25. The first-order valence-corrected chi connectivity index (χ1v) is 9.66. The van der Waals surface area contributed by atoms with Crippen molar-refractivity contribution in [2.24, 2.45) is 0 Å². The number of hydrogen-bond acceptors (Lipinski definition) is 5. The zero-order valence-electron chi connectivity index (χ0n) is 16.4. The predicted octanol–water partition coefficient (Wildman–Crippen LogP) is 4.76. The van der Waals surface area contributed by atoms with Gasteiger partial charge in [0.15, 0.2) is 5.43 Å². The second-order valence-corrected chi connectivity index (χ2v) is 7.44. The smallest absolute Gasteiger partial charge is 0.295 e. The van der Waals surface area contributed by atoms with E-state index in [2.05, 4.69) is 0 Å². The summed E-state index contributed by atoms with van der Waals surface area (Å²) in [7, 11) is 0. The number of benzene rings is 3. The molecule has 0 aliphatic carbocycles. The topological polar surface area (TPSA) is 93.7 Å². The molecule has 1 aromatic heterocycles. The lowest BCUT2D eigenvalue weighted by Crippen LogP contribution is -2.29. The number of fused-ring (bicyclic) bond motifs is 2. The van der Waals surface area contributed by atoms with Gasteiger partial charge in [0, 0.05) is 17.8 Å². The first kappa shape index (κ1) is 18.7. The van der Waals surface area contributed by atoms with Crippen molar-refractivity contribution in [1.82, 2.24) is 0 Å². The number of hydrogen-bond donors (Lipinski definition) is 0. The third-order valence-corrected chi connectivity index (χ3v) is 5.46. The van der Waals surface area contributed by atoms with Crippen LogP contribution in [-0.4, -0.2) is 10.8 Å². The summed E-state index contributed by atoms with van der Waals surface area (Å²) < 4.78 is 5.91. The average Bonchev–Trinajstić information content (AvgIpc) is 3.07. The van der Waals surface area contributed by atoms with Crippen molar-refractivity contribution in [3.63, 3.8) is 0 Å². The van der Waals surface area contributed by atoms with Gasteiger partial charge in [-0.25, -0.2) is 0 Å². The minimum atomic E-state index is -0.842. The highest BCUT2D eigenvalue weighted by molar-refractivity contribution is 6.10. The van der Waals surface area contributed by atoms with Gasteiger partial charge in [0.05, 0.1) is 21.9 Å². The molecule has 7 heteroatoms. The second kappa shape index (κ2) is 6.91. The molecule has 0 bridgehead atoms. The van der Waals surface area contributed by atoms with Gasteiger partial charge in [-0.05, 0) is 36.8 Å². The molecular weight excluding hydrogens is 396 g/mol. The van der Waals surface area contributed by atoms with Crippen LogP contribution in [-0.2, 0) is 0 Å². The highest BCUT2D eigenvalue weighted by Gasteiger charge is 2.43. The predicted molar refractivity (Wildman–Crippen MR) is 115 cm³/mol. The molecule has 31 heavy (non-hydrogen) atoms. The number of non-ortho nitro benzene ring substituents is 1. The second-order valence-electron chi connectivity index (χ2n) is 7.44. The number of nitro benzene ring substituents is 1. The highest BCUT2D eigenvalue weighted by atomic mass is 16.6. The van der Waals surface area contributed by atoms with Crippen molar-refractivity contribution in [3.8, 4) is 0 Å². The van der Waals surface area contributed by atoms with Crippen LogP contribution in [0, 0.1) is 17.0 Å². The monoisotopic (exact) mass is 412 g/mol. The van der Waals surface area contributed by atoms with Crippen LogP contribution in [0.2, 0.25) is 0 Å². The first-order chi connectivity index (χ1) is 15.0. The maximum atomic E-state index is 13.5. The lowest BCUT2D eigenvalue weighted by atomic mass is 9.97. The van der Waals surface area contributed by atoms with Gasteiger partial charge in [-0.1, -0.05) is 42.0 Å². The minimum absolute atomic E-state index is 0.0401. The summed E-state index contributed by atoms with van der Waals surface area (Å²) in [5, 5.41) is 11.7. The molecule has 1 aliphatic rings. The van der Waals surface area contributed by atoms with E-state index in [1.54, 1.807) is 48.5 Å². The van der Waals surface area contributed by atoms with Crippen LogP contribution in [0.5, 0.6) is 0 Å². The number of nitro groups is 1. The van der Waals surface area contributed by atoms with Gasteiger partial charge in [-0.2, -0.15) is 0 Å². The SMILES string of the molecule is Cc1ccc2oc3c(c(=O)c2c1)C(c1cccc([N+](=O)[O-])c1)N(c1ccccc1)C3=O. The summed E-state index contributed by atoms with van der Waals surface area (Å²) in [5.74, 6) is -0.501. The summed E-state index contributed by atoms with van der Waals surface area (Å²) in [6.45, 7) is 1.87. The minimum Gasteiger partial charge on any atom is -0.450 e. The molecule has 152 valence electrons. The fraction of sp³-hybridized carbons (Fsp3) is 0.0833. The van der Waals surface area contributed by atoms with Gasteiger partial charge in [-0.15, -0.1) is 0 Å². The fourth-order valence-electron chi connectivity index (χ4n) is 4.07. The van der Waals surface area contributed by atoms with Crippen molar-refractivity contribution >= 4 is 28.3 Å². The highest BCUT2D eigenvalue weighted by Crippen LogP contribution is 2.41. The van der Waals surface area contributed by atoms with E-state index in [-0.39, 0.29) is 22.4 Å². The number of anilines is 1. The number of amides is 1. The molecule has 0 saturated heterocycles. The van der Waals surface area contributed by atoms with Crippen molar-refractivity contribution in [2.75, 3.05) is 4.90 Å². The zero-order chi connectivity index (χ0) is 21.7. The van der Waals surface area contributed by atoms with Gasteiger partial charge in [0.1, 0.15) is 5.58 Å². The van der Waals surface area contributed by atoms with Gasteiger partial charge < -0.3 is 4.42 Å². The molecule has 0 radical (unpaired) electrons. The van der Waals surface area contributed by atoms with Crippen LogP contribution in [0.1, 0.15) is 33.3 Å².